The number of hydrogen-bond acceptors (Lipinski definition) is 2. The molecule has 3 amide bonds. The molecular formula is C11H13N3O2. The Kier molecular flexibility index (Phi) is 2.76. The summed E-state index contributed by atoms with van der Waals surface area (Å²) in [4.78, 5) is 22.1. The minimum Gasteiger partial charge on any atom is -0.351 e. The summed E-state index contributed by atoms with van der Waals surface area (Å²) >= 11 is 0. The predicted molar refractivity (Wildman–Crippen MR) is 61.0 cm³/mol. The summed E-state index contributed by atoms with van der Waals surface area (Å²) in [6.07, 6.45) is 1.93. The molecule has 0 aromatic heterocycles. The highest BCUT2D eigenvalue weighted by Gasteiger charge is 2.29. The van der Waals surface area contributed by atoms with Gasteiger partial charge in [0.05, 0.1) is 0 Å². The number of rotatable bonds is 3. The number of nitrogens with one attached hydrogen (secondary N) is 2. The van der Waals surface area contributed by atoms with E-state index in [0.717, 1.165) is 12.8 Å². The maximum absolute atomic E-state index is 11.5. The topological polar surface area (TPSA) is 84.2 Å². The third kappa shape index (κ3) is 2.73. The fourth-order valence-corrected chi connectivity index (χ4v) is 1.41. The fraction of sp³-hybridized carbons (Fsp3) is 0.273. The molecule has 1 saturated carbocycles. The highest BCUT2D eigenvalue weighted by Crippen LogP contribution is 2.30. The molecule has 5 heteroatoms. The van der Waals surface area contributed by atoms with Crippen LogP contribution in [-0.2, 0) is 4.79 Å². The molecule has 16 heavy (non-hydrogen) atoms. The van der Waals surface area contributed by atoms with Crippen LogP contribution in [-0.4, -0.2) is 11.9 Å². The third-order valence-electron chi connectivity index (χ3n) is 2.35. The van der Waals surface area contributed by atoms with Crippen molar-refractivity contribution in [1.29, 1.82) is 0 Å². The van der Waals surface area contributed by atoms with Gasteiger partial charge < -0.3 is 16.4 Å². The Morgan fingerprint density at radius 1 is 1.19 bits per heavy atom. The molecule has 4 N–H and O–H groups in total. The van der Waals surface area contributed by atoms with Crippen molar-refractivity contribution in [1.82, 2.24) is 0 Å². The smallest absolute Gasteiger partial charge is 0.316 e. The van der Waals surface area contributed by atoms with Crippen molar-refractivity contribution in [2.24, 2.45) is 11.7 Å². The van der Waals surface area contributed by atoms with Crippen molar-refractivity contribution >= 4 is 23.3 Å². The summed E-state index contributed by atoms with van der Waals surface area (Å²) in [5.41, 5.74) is 6.24. The van der Waals surface area contributed by atoms with Crippen molar-refractivity contribution in [2.75, 3.05) is 10.6 Å². The van der Waals surface area contributed by atoms with Crippen molar-refractivity contribution in [2.45, 2.75) is 12.8 Å². The summed E-state index contributed by atoms with van der Waals surface area (Å²) in [7, 11) is 0. The van der Waals surface area contributed by atoms with Gasteiger partial charge in [-0.1, -0.05) is 6.07 Å². The number of hydrogen-bond donors (Lipinski definition) is 3. The van der Waals surface area contributed by atoms with E-state index in [1.165, 1.54) is 0 Å². The van der Waals surface area contributed by atoms with E-state index < -0.39 is 6.03 Å². The van der Waals surface area contributed by atoms with Crippen LogP contribution in [0.3, 0.4) is 0 Å². The lowest BCUT2D eigenvalue weighted by molar-refractivity contribution is -0.117. The maximum Gasteiger partial charge on any atom is 0.316 e. The van der Waals surface area contributed by atoms with Crippen LogP contribution in [0.25, 0.3) is 0 Å². The lowest BCUT2D eigenvalue weighted by atomic mass is 10.2. The van der Waals surface area contributed by atoms with E-state index in [-0.39, 0.29) is 11.8 Å². The second kappa shape index (κ2) is 4.22. The minimum atomic E-state index is -0.620. The van der Waals surface area contributed by atoms with Gasteiger partial charge in [0.1, 0.15) is 0 Å². The fourth-order valence-electron chi connectivity index (χ4n) is 1.41. The molecule has 1 aliphatic carbocycles. The maximum atomic E-state index is 11.5. The number of urea groups is 1. The zero-order chi connectivity index (χ0) is 11.5. The molecule has 84 valence electrons. The van der Waals surface area contributed by atoms with E-state index in [4.69, 9.17) is 5.73 Å². The van der Waals surface area contributed by atoms with Crippen LogP contribution in [0.15, 0.2) is 24.3 Å². The number of primary amides is 1. The molecule has 0 saturated heterocycles. The van der Waals surface area contributed by atoms with Gasteiger partial charge in [-0.2, -0.15) is 0 Å². The van der Waals surface area contributed by atoms with Gasteiger partial charge in [-0.3, -0.25) is 4.79 Å². The van der Waals surface area contributed by atoms with Crippen LogP contribution in [0.4, 0.5) is 16.2 Å². The van der Waals surface area contributed by atoms with E-state index >= 15 is 0 Å². The standard InChI is InChI=1S/C11H13N3O2/c12-11(16)14-9-3-1-2-8(6-9)13-10(15)7-4-5-7/h1-3,6-7H,4-5H2,(H,13,15)(H3,12,14,16). The third-order valence-corrected chi connectivity index (χ3v) is 2.35. The summed E-state index contributed by atoms with van der Waals surface area (Å²) in [6, 6.07) is 6.27. The molecule has 0 unspecified atom stereocenters. The van der Waals surface area contributed by atoms with Crippen LogP contribution in [0.2, 0.25) is 0 Å². The van der Waals surface area contributed by atoms with E-state index in [2.05, 4.69) is 10.6 Å². The van der Waals surface area contributed by atoms with Gasteiger partial charge in [0.15, 0.2) is 0 Å². The number of carbonyl (C=O) groups excluding carboxylic acids is 2. The van der Waals surface area contributed by atoms with Gasteiger partial charge in [-0.15, -0.1) is 0 Å². The van der Waals surface area contributed by atoms with Gasteiger partial charge in [-0.25, -0.2) is 4.79 Å². The first-order valence-corrected chi connectivity index (χ1v) is 5.12. The van der Waals surface area contributed by atoms with Gasteiger partial charge in [-0.05, 0) is 31.0 Å². The monoisotopic (exact) mass is 219 g/mol. The Balaban J connectivity index is 2.03. The molecule has 0 bridgehead atoms. The normalized spacial score (nSPS) is 14.2. The molecule has 0 aliphatic heterocycles. The predicted octanol–water partition coefficient (Wildman–Crippen LogP) is 1.53. The molecule has 0 spiro atoms. The van der Waals surface area contributed by atoms with Crippen LogP contribution < -0.4 is 16.4 Å². The van der Waals surface area contributed by atoms with E-state index in [0.29, 0.717) is 11.4 Å². The Hall–Kier alpha value is -2.04. The molecule has 2 rings (SSSR count). The van der Waals surface area contributed by atoms with Crippen molar-refractivity contribution in [3.05, 3.63) is 24.3 Å². The highest BCUT2D eigenvalue weighted by atomic mass is 16.2. The molecule has 0 radical (unpaired) electrons. The molecule has 5 nitrogen and oxygen atoms in total. The van der Waals surface area contributed by atoms with Crippen LogP contribution in [0.1, 0.15) is 12.8 Å². The van der Waals surface area contributed by atoms with Crippen molar-refractivity contribution < 1.29 is 9.59 Å². The second-order valence-corrected chi connectivity index (χ2v) is 3.83. The first-order valence-electron chi connectivity index (χ1n) is 5.12. The first kappa shape index (κ1) is 10.5. The molecule has 1 aliphatic rings. The Morgan fingerprint density at radius 2 is 1.81 bits per heavy atom. The Morgan fingerprint density at radius 3 is 2.38 bits per heavy atom. The van der Waals surface area contributed by atoms with Crippen molar-refractivity contribution in [3.63, 3.8) is 0 Å². The largest absolute Gasteiger partial charge is 0.351 e. The molecular weight excluding hydrogens is 206 g/mol. The Labute approximate surface area is 93.0 Å². The van der Waals surface area contributed by atoms with Gasteiger partial charge in [0, 0.05) is 17.3 Å². The molecule has 1 fully saturated rings. The number of carbonyl (C=O) groups is 2. The second-order valence-electron chi connectivity index (χ2n) is 3.83. The van der Waals surface area contributed by atoms with Crippen LogP contribution in [0.5, 0.6) is 0 Å². The van der Waals surface area contributed by atoms with Gasteiger partial charge >= 0.3 is 6.03 Å². The number of amides is 3. The van der Waals surface area contributed by atoms with E-state index in [1.54, 1.807) is 24.3 Å². The quantitative estimate of drug-likeness (QED) is 0.720. The Bertz CT molecular complexity index is 427. The SMILES string of the molecule is NC(=O)Nc1cccc(NC(=O)C2CC2)c1. The molecule has 1 aromatic rings. The number of anilines is 2. The molecule has 0 atom stereocenters. The van der Waals surface area contributed by atoms with E-state index in [9.17, 15) is 9.59 Å². The van der Waals surface area contributed by atoms with E-state index in [1.807, 2.05) is 0 Å². The zero-order valence-corrected chi connectivity index (χ0v) is 8.69. The minimum absolute atomic E-state index is 0.0382. The van der Waals surface area contributed by atoms with Crippen LogP contribution in [0, 0.1) is 5.92 Å². The average Bonchev–Trinajstić information content (AvgIpc) is 2.99. The van der Waals surface area contributed by atoms with Gasteiger partial charge in [0.2, 0.25) is 5.91 Å². The summed E-state index contributed by atoms with van der Waals surface area (Å²) < 4.78 is 0. The number of benzene rings is 1. The van der Waals surface area contributed by atoms with Gasteiger partial charge in [0.25, 0.3) is 0 Å². The molecule has 0 heterocycles. The number of nitrogens with two attached hydrogens (primary N) is 1. The molecule has 1 aromatic carbocycles. The summed E-state index contributed by atoms with van der Waals surface area (Å²) in [5, 5.41) is 5.24. The average molecular weight is 219 g/mol. The summed E-state index contributed by atoms with van der Waals surface area (Å²) in [5.74, 6) is 0.198. The lowest BCUT2D eigenvalue weighted by Crippen LogP contribution is -2.19. The van der Waals surface area contributed by atoms with Crippen LogP contribution >= 0.6 is 0 Å². The van der Waals surface area contributed by atoms with Crippen molar-refractivity contribution in [3.8, 4) is 0 Å². The highest BCUT2D eigenvalue weighted by molar-refractivity contribution is 5.95. The zero-order valence-electron chi connectivity index (χ0n) is 8.69. The first-order chi connectivity index (χ1) is 7.65. The lowest BCUT2D eigenvalue weighted by Gasteiger charge is -2.06. The summed E-state index contributed by atoms with van der Waals surface area (Å²) in [6.45, 7) is 0.